The van der Waals surface area contributed by atoms with E-state index in [4.69, 9.17) is 15.2 Å². The van der Waals surface area contributed by atoms with Crippen molar-refractivity contribution in [3.05, 3.63) is 60.2 Å². The number of amides is 2. The first-order valence-electron chi connectivity index (χ1n) is 10.1. The minimum absolute atomic E-state index is 0.0238. The number of nitrogens with two attached hydrogens (primary N) is 1. The minimum Gasteiger partial charge on any atom is -0.494 e. The van der Waals surface area contributed by atoms with Gasteiger partial charge in [-0.05, 0) is 55.7 Å². The van der Waals surface area contributed by atoms with Gasteiger partial charge in [0.15, 0.2) is 14.6 Å². The first kappa shape index (κ1) is 22.8. The fraction of sp³-hybridized carbons (Fsp3) is 0.364. The van der Waals surface area contributed by atoms with Crippen LogP contribution in [0, 0.1) is 0 Å². The van der Waals surface area contributed by atoms with Crippen LogP contribution in [-0.2, 0) is 19.4 Å². The number of rotatable bonds is 9. The van der Waals surface area contributed by atoms with E-state index >= 15 is 0 Å². The van der Waals surface area contributed by atoms with Gasteiger partial charge in [0.25, 0.3) is 5.91 Å². The van der Waals surface area contributed by atoms with Gasteiger partial charge in [0.05, 0.1) is 11.5 Å². The van der Waals surface area contributed by atoms with E-state index in [0.717, 1.165) is 0 Å². The second kappa shape index (κ2) is 9.93. The van der Waals surface area contributed by atoms with E-state index in [1.807, 2.05) is 6.07 Å². The molecule has 0 aliphatic carbocycles. The molecular formula is C22H26N2O6S. The Morgan fingerprint density at radius 2 is 1.68 bits per heavy atom. The summed E-state index contributed by atoms with van der Waals surface area (Å²) < 4.78 is 35.4. The molecule has 0 radical (unpaired) electrons. The summed E-state index contributed by atoms with van der Waals surface area (Å²) in [6.45, 7) is 1.14. The number of ether oxygens (including phenoxy) is 2. The molecule has 2 aromatic rings. The smallest absolute Gasteiger partial charge is 0.251 e. The molecule has 0 aromatic heterocycles. The Kier molecular flexibility index (Phi) is 7.29. The van der Waals surface area contributed by atoms with Gasteiger partial charge in [-0.3, -0.25) is 9.59 Å². The molecule has 0 saturated carbocycles. The highest BCUT2D eigenvalue weighted by Gasteiger charge is 2.51. The lowest BCUT2D eigenvalue weighted by Crippen LogP contribution is -2.53. The van der Waals surface area contributed by atoms with Crippen molar-refractivity contribution in [3.63, 3.8) is 0 Å². The maximum Gasteiger partial charge on any atom is 0.251 e. The van der Waals surface area contributed by atoms with Crippen LogP contribution in [0.2, 0.25) is 0 Å². The molecule has 8 nitrogen and oxygen atoms in total. The number of primary amides is 1. The standard InChI is InChI=1S/C22H26N2O6S/c23-21(26)22(11-15-29-16-12-22)31(27,28)19-9-7-18(8-10-19)30-14-4-13-24-20(25)17-5-2-1-3-6-17/h1-3,5-10H,4,11-16H2,(H2,23,26)(H,24,25). The van der Waals surface area contributed by atoms with Crippen LogP contribution < -0.4 is 15.8 Å². The van der Waals surface area contributed by atoms with E-state index in [2.05, 4.69) is 5.32 Å². The van der Waals surface area contributed by atoms with Gasteiger partial charge in [-0.1, -0.05) is 18.2 Å². The molecule has 1 aliphatic heterocycles. The van der Waals surface area contributed by atoms with Gasteiger partial charge in [-0.2, -0.15) is 0 Å². The lowest BCUT2D eigenvalue weighted by molar-refractivity contribution is -0.122. The second-order valence-electron chi connectivity index (χ2n) is 7.27. The van der Waals surface area contributed by atoms with Crippen molar-refractivity contribution in [1.82, 2.24) is 5.32 Å². The summed E-state index contributed by atoms with van der Waals surface area (Å²) in [5, 5.41) is 2.81. The van der Waals surface area contributed by atoms with Crippen LogP contribution in [0.5, 0.6) is 5.75 Å². The molecule has 1 aliphatic rings. The summed E-state index contributed by atoms with van der Waals surface area (Å²) in [4.78, 5) is 24.0. The maximum absolute atomic E-state index is 13.1. The van der Waals surface area contributed by atoms with Crippen LogP contribution in [0.1, 0.15) is 29.6 Å². The third-order valence-electron chi connectivity index (χ3n) is 5.31. The molecule has 0 bridgehead atoms. The summed E-state index contributed by atoms with van der Waals surface area (Å²) in [5.41, 5.74) is 6.08. The molecule has 3 rings (SSSR count). The number of hydrogen-bond donors (Lipinski definition) is 2. The zero-order valence-corrected chi connectivity index (χ0v) is 17.9. The van der Waals surface area contributed by atoms with E-state index in [0.29, 0.717) is 30.9 Å². The summed E-state index contributed by atoms with van der Waals surface area (Å²) in [6, 6.07) is 14.9. The fourth-order valence-electron chi connectivity index (χ4n) is 3.45. The number of carbonyl (C=O) groups is 2. The Balaban J connectivity index is 1.53. The summed E-state index contributed by atoms with van der Waals surface area (Å²) in [6.07, 6.45) is 0.665. The van der Waals surface area contributed by atoms with E-state index in [1.54, 1.807) is 36.4 Å². The monoisotopic (exact) mass is 446 g/mol. The topological polar surface area (TPSA) is 125 Å². The van der Waals surface area contributed by atoms with Crippen molar-refractivity contribution in [2.24, 2.45) is 5.73 Å². The minimum atomic E-state index is -3.96. The van der Waals surface area contributed by atoms with Gasteiger partial charge in [0.1, 0.15) is 5.75 Å². The molecule has 1 fully saturated rings. The zero-order chi connectivity index (χ0) is 22.3. The number of hydrogen-bond acceptors (Lipinski definition) is 6. The molecule has 9 heteroatoms. The van der Waals surface area contributed by atoms with Crippen molar-refractivity contribution in [1.29, 1.82) is 0 Å². The van der Waals surface area contributed by atoms with Gasteiger partial charge in [0, 0.05) is 25.3 Å². The average molecular weight is 447 g/mol. The van der Waals surface area contributed by atoms with Gasteiger partial charge in [-0.15, -0.1) is 0 Å². The predicted octanol–water partition coefficient (Wildman–Crippen LogP) is 1.69. The molecule has 31 heavy (non-hydrogen) atoms. The molecular weight excluding hydrogens is 420 g/mol. The highest BCUT2D eigenvalue weighted by molar-refractivity contribution is 7.93. The van der Waals surface area contributed by atoms with Crippen molar-refractivity contribution in [2.45, 2.75) is 28.9 Å². The fourth-order valence-corrected chi connectivity index (χ4v) is 5.36. The van der Waals surface area contributed by atoms with E-state index in [9.17, 15) is 18.0 Å². The van der Waals surface area contributed by atoms with Crippen molar-refractivity contribution in [2.75, 3.05) is 26.4 Å². The quantitative estimate of drug-likeness (QED) is 0.565. The van der Waals surface area contributed by atoms with E-state index in [1.165, 1.54) is 12.1 Å². The van der Waals surface area contributed by atoms with Crippen LogP contribution >= 0.6 is 0 Å². The molecule has 0 unspecified atom stereocenters. The maximum atomic E-state index is 13.1. The molecule has 1 saturated heterocycles. The van der Waals surface area contributed by atoms with Crippen LogP contribution in [-0.4, -0.2) is 51.3 Å². The van der Waals surface area contributed by atoms with Crippen molar-refractivity contribution >= 4 is 21.7 Å². The number of sulfone groups is 1. The molecule has 0 spiro atoms. The molecule has 2 aromatic carbocycles. The lowest BCUT2D eigenvalue weighted by atomic mass is 9.98. The summed E-state index contributed by atoms with van der Waals surface area (Å²) >= 11 is 0. The Morgan fingerprint density at radius 3 is 2.29 bits per heavy atom. The third kappa shape index (κ3) is 5.05. The van der Waals surface area contributed by atoms with Crippen molar-refractivity contribution in [3.8, 4) is 5.75 Å². The first-order valence-corrected chi connectivity index (χ1v) is 11.5. The van der Waals surface area contributed by atoms with Crippen LogP contribution in [0.3, 0.4) is 0 Å². The zero-order valence-electron chi connectivity index (χ0n) is 17.1. The largest absolute Gasteiger partial charge is 0.494 e. The molecule has 3 N–H and O–H groups in total. The predicted molar refractivity (Wildman–Crippen MR) is 114 cm³/mol. The number of carbonyl (C=O) groups excluding carboxylic acids is 2. The molecule has 0 atom stereocenters. The van der Waals surface area contributed by atoms with Crippen LogP contribution in [0.15, 0.2) is 59.5 Å². The lowest BCUT2D eigenvalue weighted by Gasteiger charge is -2.33. The molecule has 166 valence electrons. The average Bonchev–Trinajstić information content (AvgIpc) is 2.80. The van der Waals surface area contributed by atoms with Gasteiger partial charge in [0.2, 0.25) is 5.91 Å². The SMILES string of the molecule is NC(=O)C1(S(=O)(=O)c2ccc(OCCCNC(=O)c3ccccc3)cc2)CCOCC1. The first-order chi connectivity index (χ1) is 14.9. The van der Waals surface area contributed by atoms with Gasteiger partial charge >= 0.3 is 0 Å². The van der Waals surface area contributed by atoms with E-state index in [-0.39, 0.29) is 36.9 Å². The van der Waals surface area contributed by atoms with Gasteiger partial charge < -0.3 is 20.5 Å². The van der Waals surface area contributed by atoms with E-state index < -0.39 is 20.5 Å². The number of benzene rings is 2. The van der Waals surface area contributed by atoms with Crippen molar-refractivity contribution < 1.29 is 27.5 Å². The highest BCUT2D eigenvalue weighted by atomic mass is 32.2. The Morgan fingerprint density at radius 1 is 1.03 bits per heavy atom. The number of nitrogens with one attached hydrogen (secondary N) is 1. The molecule has 2 amide bonds. The summed E-state index contributed by atoms with van der Waals surface area (Å²) in [7, 11) is -3.96. The highest BCUT2D eigenvalue weighted by Crippen LogP contribution is 2.35. The Labute approximate surface area is 181 Å². The summed E-state index contributed by atoms with van der Waals surface area (Å²) in [5.74, 6) is -0.506. The third-order valence-corrected chi connectivity index (χ3v) is 7.84. The molecule has 1 heterocycles. The second-order valence-corrected chi connectivity index (χ2v) is 9.53. The Hall–Kier alpha value is -2.91. The normalized spacial score (nSPS) is 15.7. The van der Waals surface area contributed by atoms with Crippen LogP contribution in [0.25, 0.3) is 0 Å². The Bertz CT molecular complexity index is 1000. The van der Waals surface area contributed by atoms with Crippen LogP contribution in [0.4, 0.5) is 0 Å². The van der Waals surface area contributed by atoms with Gasteiger partial charge in [-0.25, -0.2) is 8.42 Å².